The van der Waals surface area contributed by atoms with E-state index in [0.29, 0.717) is 10.1 Å². The molecule has 1 aliphatic heterocycles. The zero-order valence-corrected chi connectivity index (χ0v) is 17.0. The van der Waals surface area contributed by atoms with Gasteiger partial charge in [0.15, 0.2) is 0 Å². The van der Waals surface area contributed by atoms with Gasteiger partial charge in [0.25, 0.3) is 0 Å². The van der Waals surface area contributed by atoms with Gasteiger partial charge in [0.1, 0.15) is 16.9 Å². The van der Waals surface area contributed by atoms with Gasteiger partial charge in [-0.2, -0.15) is 4.31 Å². The van der Waals surface area contributed by atoms with E-state index in [-0.39, 0.29) is 17.9 Å². The van der Waals surface area contributed by atoms with Crippen LogP contribution in [0, 0.1) is 12.7 Å². The number of halogens is 1. The first-order chi connectivity index (χ1) is 13.8. The van der Waals surface area contributed by atoms with Gasteiger partial charge in [-0.05, 0) is 48.7 Å². The lowest BCUT2D eigenvalue weighted by atomic mass is 9.95. The molecule has 1 aromatic heterocycles. The number of aromatic nitrogens is 2. The molecule has 2 heterocycles. The monoisotopic (exact) mass is 432 g/mol. The Morgan fingerprint density at radius 2 is 1.83 bits per heavy atom. The van der Waals surface area contributed by atoms with Crippen molar-refractivity contribution in [2.24, 2.45) is 0 Å². The van der Waals surface area contributed by atoms with Gasteiger partial charge >= 0.3 is 0 Å². The molecule has 1 N–H and O–H groups in total. The number of nitrogens with zero attached hydrogens (tertiary/aromatic N) is 3. The predicted octanol–water partition coefficient (Wildman–Crippen LogP) is 2.74. The Bertz CT molecular complexity index is 1160. The standard InChI is InChI=1S/C19H17FN4O3S2/c1-12-22-23-19(28-12)21-18(25)17-10-13-4-2-3-5-14(13)11-24(17)29(26,27)16-8-6-15(20)7-9-16/h2-9,17H,10-11H2,1H3,(H,21,23,25)/t17-/m0/s1. The van der Waals surface area contributed by atoms with E-state index in [0.717, 1.165) is 27.6 Å². The zero-order valence-electron chi connectivity index (χ0n) is 15.4. The van der Waals surface area contributed by atoms with Crippen molar-refractivity contribution in [3.63, 3.8) is 0 Å². The van der Waals surface area contributed by atoms with Crippen LogP contribution in [0.15, 0.2) is 53.4 Å². The van der Waals surface area contributed by atoms with Crippen LogP contribution in [0.4, 0.5) is 9.52 Å². The first kappa shape index (κ1) is 19.6. The molecule has 0 saturated carbocycles. The molecule has 0 bridgehead atoms. The predicted molar refractivity (Wildman–Crippen MR) is 106 cm³/mol. The Morgan fingerprint density at radius 1 is 1.14 bits per heavy atom. The Labute approximate surface area is 171 Å². The van der Waals surface area contributed by atoms with Gasteiger partial charge in [0, 0.05) is 6.54 Å². The number of hydrogen-bond acceptors (Lipinski definition) is 6. The molecule has 1 amide bonds. The van der Waals surface area contributed by atoms with Crippen molar-refractivity contribution in [3.8, 4) is 0 Å². The average molecular weight is 433 g/mol. The molecule has 150 valence electrons. The normalized spacial score (nSPS) is 17.0. The summed E-state index contributed by atoms with van der Waals surface area (Å²) in [6, 6.07) is 11.0. The van der Waals surface area contributed by atoms with Crippen molar-refractivity contribution in [2.75, 3.05) is 5.32 Å². The zero-order chi connectivity index (χ0) is 20.6. The van der Waals surface area contributed by atoms with Crippen molar-refractivity contribution < 1.29 is 17.6 Å². The number of hydrogen-bond donors (Lipinski definition) is 1. The number of anilines is 1. The molecule has 0 saturated heterocycles. The molecule has 1 atom stereocenters. The lowest BCUT2D eigenvalue weighted by Crippen LogP contribution is -2.50. The molecular weight excluding hydrogens is 415 g/mol. The lowest BCUT2D eigenvalue weighted by molar-refractivity contribution is -0.120. The minimum Gasteiger partial charge on any atom is -0.299 e. The topological polar surface area (TPSA) is 92.3 Å². The third-order valence-electron chi connectivity index (χ3n) is 4.68. The van der Waals surface area contributed by atoms with Gasteiger partial charge in [0.2, 0.25) is 21.1 Å². The van der Waals surface area contributed by atoms with Crippen LogP contribution < -0.4 is 5.32 Å². The lowest BCUT2D eigenvalue weighted by Gasteiger charge is -2.34. The van der Waals surface area contributed by atoms with Gasteiger partial charge in [-0.15, -0.1) is 10.2 Å². The highest BCUT2D eigenvalue weighted by molar-refractivity contribution is 7.89. The van der Waals surface area contributed by atoms with Crippen LogP contribution in [0.25, 0.3) is 0 Å². The molecular formula is C19H17FN4O3S2. The molecule has 4 rings (SSSR count). The molecule has 0 unspecified atom stereocenters. The first-order valence-corrected chi connectivity index (χ1v) is 11.1. The minimum atomic E-state index is -4.03. The molecule has 0 fully saturated rings. The van der Waals surface area contributed by atoms with Gasteiger partial charge in [-0.25, -0.2) is 12.8 Å². The van der Waals surface area contributed by atoms with E-state index in [9.17, 15) is 17.6 Å². The van der Waals surface area contributed by atoms with Crippen LogP contribution in [0.2, 0.25) is 0 Å². The number of nitrogens with one attached hydrogen (secondary N) is 1. The molecule has 2 aromatic carbocycles. The van der Waals surface area contributed by atoms with Gasteiger partial charge < -0.3 is 0 Å². The van der Waals surface area contributed by atoms with Crippen molar-refractivity contribution in [3.05, 3.63) is 70.5 Å². The number of sulfonamides is 1. The van der Waals surface area contributed by atoms with E-state index in [4.69, 9.17) is 0 Å². The van der Waals surface area contributed by atoms with Gasteiger partial charge in [-0.1, -0.05) is 35.6 Å². The number of rotatable bonds is 4. The Morgan fingerprint density at radius 3 is 2.48 bits per heavy atom. The highest BCUT2D eigenvalue weighted by Gasteiger charge is 2.39. The summed E-state index contributed by atoms with van der Waals surface area (Å²) >= 11 is 1.21. The molecule has 0 aliphatic carbocycles. The summed E-state index contributed by atoms with van der Waals surface area (Å²) < 4.78 is 41.0. The average Bonchev–Trinajstić information content (AvgIpc) is 3.11. The van der Waals surface area contributed by atoms with Gasteiger partial charge in [0.05, 0.1) is 4.90 Å². The summed E-state index contributed by atoms with van der Waals surface area (Å²) in [4.78, 5) is 12.9. The van der Waals surface area contributed by atoms with Crippen LogP contribution in [0.5, 0.6) is 0 Å². The van der Waals surface area contributed by atoms with Crippen LogP contribution in [0.3, 0.4) is 0 Å². The van der Waals surface area contributed by atoms with Crippen molar-refractivity contribution >= 4 is 32.4 Å². The number of benzene rings is 2. The number of carbonyl (C=O) groups is 1. The first-order valence-electron chi connectivity index (χ1n) is 8.80. The highest BCUT2D eigenvalue weighted by atomic mass is 32.2. The number of fused-ring (bicyclic) bond motifs is 1. The second-order valence-corrected chi connectivity index (χ2v) is 9.68. The van der Waals surface area contributed by atoms with Crippen molar-refractivity contribution in [1.29, 1.82) is 0 Å². The molecule has 0 spiro atoms. The number of aryl methyl sites for hydroxylation is 1. The Hall–Kier alpha value is -2.69. The summed E-state index contributed by atoms with van der Waals surface area (Å²) in [6.45, 7) is 1.80. The second kappa shape index (κ2) is 7.62. The van der Waals surface area contributed by atoms with Crippen molar-refractivity contribution in [1.82, 2.24) is 14.5 Å². The summed E-state index contributed by atoms with van der Waals surface area (Å²) in [6.07, 6.45) is 0.222. The maximum absolute atomic E-state index is 13.3. The summed E-state index contributed by atoms with van der Waals surface area (Å²) in [5.74, 6) is -1.02. The molecule has 10 heteroatoms. The van der Waals surface area contributed by atoms with E-state index in [1.807, 2.05) is 24.3 Å². The fourth-order valence-electron chi connectivity index (χ4n) is 3.25. The van der Waals surface area contributed by atoms with E-state index in [1.54, 1.807) is 6.92 Å². The fraction of sp³-hybridized carbons (Fsp3) is 0.211. The maximum atomic E-state index is 13.3. The Kier molecular flexibility index (Phi) is 5.15. The highest BCUT2D eigenvalue weighted by Crippen LogP contribution is 2.30. The van der Waals surface area contributed by atoms with Crippen LogP contribution in [0.1, 0.15) is 16.1 Å². The maximum Gasteiger partial charge on any atom is 0.245 e. The van der Waals surface area contributed by atoms with Crippen LogP contribution >= 0.6 is 11.3 Å². The molecule has 1 aliphatic rings. The smallest absolute Gasteiger partial charge is 0.245 e. The third kappa shape index (κ3) is 3.91. The third-order valence-corrected chi connectivity index (χ3v) is 7.31. The van der Waals surface area contributed by atoms with Gasteiger partial charge in [-0.3, -0.25) is 10.1 Å². The largest absolute Gasteiger partial charge is 0.299 e. The molecule has 7 nitrogen and oxygen atoms in total. The molecule has 0 radical (unpaired) electrons. The second-order valence-electron chi connectivity index (χ2n) is 6.61. The fourth-order valence-corrected chi connectivity index (χ4v) is 5.41. The van der Waals surface area contributed by atoms with Crippen molar-refractivity contribution in [2.45, 2.75) is 30.8 Å². The van der Waals surface area contributed by atoms with E-state index in [2.05, 4.69) is 15.5 Å². The molecule has 3 aromatic rings. The van der Waals surface area contributed by atoms with E-state index in [1.165, 1.54) is 23.5 Å². The summed E-state index contributed by atoms with van der Waals surface area (Å²) in [5.41, 5.74) is 1.74. The summed E-state index contributed by atoms with van der Waals surface area (Å²) in [7, 11) is -4.03. The number of carbonyl (C=O) groups excluding carboxylic acids is 1. The van der Waals surface area contributed by atoms with Crippen LogP contribution in [-0.2, 0) is 27.8 Å². The number of amides is 1. The minimum absolute atomic E-state index is 0.0448. The van der Waals surface area contributed by atoms with E-state index < -0.39 is 27.8 Å². The van der Waals surface area contributed by atoms with Crippen LogP contribution in [-0.4, -0.2) is 34.9 Å². The molecule has 29 heavy (non-hydrogen) atoms. The summed E-state index contributed by atoms with van der Waals surface area (Å²) in [5, 5.41) is 11.4. The quantitative estimate of drug-likeness (QED) is 0.684. The van der Waals surface area contributed by atoms with E-state index >= 15 is 0 Å². The Balaban J connectivity index is 1.71. The SMILES string of the molecule is Cc1nnc(NC(=O)[C@@H]2Cc3ccccc3CN2S(=O)(=O)c2ccc(F)cc2)s1.